The van der Waals surface area contributed by atoms with Crippen LogP contribution in [0, 0.1) is 5.92 Å². The molecule has 0 aromatic heterocycles. The van der Waals surface area contributed by atoms with E-state index in [0.29, 0.717) is 18.9 Å². The quantitative estimate of drug-likeness (QED) is 0.642. The van der Waals surface area contributed by atoms with Crippen molar-refractivity contribution in [1.29, 1.82) is 0 Å². The highest BCUT2D eigenvalue weighted by Crippen LogP contribution is 1.98. The third-order valence-electron chi connectivity index (χ3n) is 2.15. The number of nitrogens with two attached hydrogens (primary N) is 1. The van der Waals surface area contributed by atoms with Gasteiger partial charge in [-0.1, -0.05) is 20.8 Å². The third kappa shape index (κ3) is 5.77. The summed E-state index contributed by atoms with van der Waals surface area (Å²) in [4.78, 5) is 13.6. The van der Waals surface area contributed by atoms with Crippen LogP contribution in [-0.4, -0.2) is 36.9 Å². The summed E-state index contributed by atoms with van der Waals surface area (Å²) < 4.78 is 0. The van der Waals surface area contributed by atoms with E-state index in [2.05, 4.69) is 11.8 Å². The molecule has 2 N–H and O–H groups in total. The smallest absolute Gasteiger partial charge is 0.149 e. The van der Waals surface area contributed by atoms with Gasteiger partial charge in [-0.15, -0.1) is 0 Å². The Morgan fingerprint density at radius 2 is 2.08 bits per heavy atom. The molecule has 0 saturated heterocycles. The second-order valence-corrected chi connectivity index (χ2v) is 3.63. The van der Waals surface area contributed by atoms with Gasteiger partial charge in [-0.25, -0.2) is 0 Å². The van der Waals surface area contributed by atoms with Crippen molar-refractivity contribution in [2.45, 2.75) is 27.2 Å². The zero-order valence-corrected chi connectivity index (χ0v) is 9.05. The summed E-state index contributed by atoms with van der Waals surface area (Å²) in [6.07, 6.45) is 0.971. The van der Waals surface area contributed by atoms with Crippen molar-refractivity contribution < 1.29 is 4.79 Å². The molecular weight excluding hydrogens is 164 g/mol. The minimum Gasteiger partial charge on any atom is -0.330 e. The Balaban J connectivity index is 3.76. The summed E-state index contributed by atoms with van der Waals surface area (Å²) in [6, 6.07) is 0. The monoisotopic (exact) mass is 186 g/mol. The van der Waals surface area contributed by atoms with Crippen LogP contribution >= 0.6 is 0 Å². The van der Waals surface area contributed by atoms with Crippen LogP contribution in [0.3, 0.4) is 0 Å². The first kappa shape index (κ1) is 12.6. The van der Waals surface area contributed by atoms with E-state index in [1.807, 2.05) is 13.8 Å². The number of hydrogen-bond acceptors (Lipinski definition) is 3. The second-order valence-electron chi connectivity index (χ2n) is 3.63. The Labute approximate surface area is 81.3 Å². The molecule has 0 spiro atoms. The number of nitrogens with zero attached hydrogens (tertiary/aromatic N) is 1. The number of rotatable bonds is 7. The van der Waals surface area contributed by atoms with Crippen molar-refractivity contribution in [2.24, 2.45) is 11.7 Å². The molecule has 0 saturated carbocycles. The molecule has 0 aliphatic heterocycles. The number of likely N-dealkylation sites (N-methyl/N-ethyl adjacent to an activating group) is 1. The Bertz CT molecular complexity index is 146. The van der Waals surface area contributed by atoms with E-state index in [4.69, 9.17) is 5.73 Å². The van der Waals surface area contributed by atoms with Gasteiger partial charge >= 0.3 is 0 Å². The van der Waals surface area contributed by atoms with Crippen molar-refractivity contribution in [3.05, 3.63) is 0 Å². The van der Waals surface area contributed by atoms with E-state index in [-0.39, 0.29) is 5.92 Å². The summed E-state index contributed by atoms with van der Waals surface area (Å²) in [5.41, 5.74) is 5.41. The molecule has 3 nitrogen and oxygen atoms in total. The molecule has 0 aliphatic rings. The van der Waals surface area contributed by atoms with Gasteiger partial charge in [0.1, 0.15) is 5.78 Å². The van der Waals surface area contributed by atoms with Crippen molar-refractivity contribution in [1.82, 2.24) is 4.90 Å². The van der Waals surface area contributed by atoms with Crippen LogP contribution in [0.5, 0.6) is 0 Å². The molecular formula is C10H22N2O. The number of ketones is 1. The SMILES string of the molecule is CCN(CCCN)CC(=O)C(C)C. The largest absolute Gasteiger partial charge is 0.330 e. The van der Waals surface area contributed by atoms with Crippen molar-refractivity contribution in [3.8, 4) is 0 Å². The van der Waals surface area contributed by atoms with E-state index in [1.54, 1.807) is 0 Å². The first-order valence-corrected chi connectivity index (χ1v) is 5.07. The molecule has 0 aromatic rings. The molecule has 0 aromatic carbocycles. The lowest BCUT2D eigenvalue weighted by Crippen LogP contribution is -2.33. The van der Waals surface area contributed by atoms with Crippen LogP contribution in [0.25, 0.3) is 0 Å². The molecule has 13 heavy (non-hydrogen) atoms. The van der Waals surface area contributed by atoms with Crippen molar-refractivity contribution in [3.63, 3.8) is 0 Å². The van der Waals surface area contributed by atoms with E-state index < -0.39 is 0 Å². The van der Waals surface area contributed by atoms with Crippen molar-refractivity contribution in [2.75, 3.05) is 26.2 Å². The fourth-order valence-electron chi connectivity index (χ4n) is 1.07. The summed E-state index contributed by atoms with van der Waals surface area (Å²) in [7, 11) is 0. The van der Waals surface area contributed by atoms with Crippen LogP contribution in [0.4, 0.5) is 0 Å². The minimum absolute atomic E-state index is 0.145. The van der Waals surface area contributed by atoms with E-state index in [0.717, 1.165) is 19.5 Å². The number of carbonyl (C=O) groups excluding carboxylic acids is 1. The van der Waals surface area contributed by atoms with Gasteiger partial charge in [0.2, 0.25) is 0 Å². The topological polar surface area (TPSA) is 46.3 Å². The van der Waals surface area contributed by atoms with Crippen molar-refractivity contribution >= 4 is 5.78 Å². The highest BCUT2D eigenvalue weighted by Gasteiger charge is 2.11. The molecule has 0 bridgehead atoms. The molecule has 0 aliphatic carbocycles. The zero-order valence-electron chi connectivity index (χ0n) is 9.05. The molecule has 0 fully saturated rings. The normalized spacial score (nSPS) is 11.2. The minimum atomic E-state index is 0.145. The van der Waals surface area contributed by atoms with Gasteiger partial charge in [0.25, 0.3) is 0 Å². The average molecular weight is 186 g/mol. The van der Waals surface area contributed by atoms with E-state index in [9.17, 15) is 4.79 Å². The Kier molecular flexibility index (Phi) is 6.82. The molecule has 0 unspecified atom stereocenters. The Morgan fingerprint density at radius 1 is 1.46 bits per heavy atom. The van der Waals surface area contributed by atoms with Gasteiger partial charge in [-0.05, 0) is 26.1 Å². The molecule has 0 radical (unpaired) electrons. The molecule has 3 heteroatoms. The maximum atomic E-state index is 11.4. The Morgan fingerprint density at radius 3 is 2.46 bits per heavy atom. The summed E-state index contributed by atoms with van der Waals surface area (Å²) in [5.74, 6) is 0.464. The van der Waals surface area contributed by atoms with Gasteiger partial charge in [-0.3, -0.25) is 9.69 Å². The summed E-state index contributed by atoms with van der Waals surface area (Å²) in [6.45, 7) is 9.10. The van der Waals surface area contributed by atoms with Crippen LogP contribution < -0.4 is 5.73 Å². The predicted octanol–water partition coefficient (Wildman–Crippen LogP) is 0.882. The van der Waals surface area contributed by atoms with Gasteiger partial charge in [0.05, 0.1) is 6.54 Å². The van der Waals surface area contributed by atoms with Gasteiger partial charge in [0, 0.05) is 5.92 Å². The second kappa shape index (κ2) is 7.04. The lowest BCUT2D eigenvalue weighted by Gasteiger charge is -2.19. The van der Waals surface area contributed by atoms with Gasteiger partial charge < -0.3 is 5.73 Å². The van der Waals surface area contributed by atoms with Crippen LogP contribution in [0.2, 0.25) is 0 Å². The van der Waals surface area contributed by atoms with E-state index >= 15 is 0 Å². The molecule has 0 amide bonds. The average Bonchev–Trinajstić information content (AvgIpc) is 2.11. The maximum absolute atomic E-state index is 11.4. The van der Waals surface area contributed by atoms with Crippen LogP contribution in [0.15, 0.2) is 0 Å². The van der Waals surface area contributed by atoms with Crippen LogP contribution in [0.1, 0.15) is 27.2 Å². The van der Waals surface area contributed by atoms with E-state index in [1.165, 1.54) is 0 Å². The first-order valence-electron chi connectivity index (χ1n) is 5.07. The maximum Gasteiger partial charge on any atom is 0.149 e. The molecule has 0 atom stereocenters. The summed E-state index contributed by atoms with van der Waals surface area (Å²) >= 11 is 0. The first-order chi connectivity index (χ1) is 6.11. The number of Topliss-reactive ketones (excluding diaryl/α,β-unsaturated/α-hetero) is 1. The molecule has 0 heterocycles. The number of carbonyl (C=O) groups is 1. The third-order valence-corrected chi connectivity index (χ3v) is 2.15. The fourth-order valence-corrected chi connectivity index (χ4v) is 1.07. The standard InChI is InChI=1S/C10H22N2O/c1-4-12(7-5-6-11)8-10(13)9(2)3/h9H,4-8,11H2,1-3H3. The van der Waals surface area contributed by atoms with Crippen LogP contribution in [-0.2, 0) is 4.79 Å². The lowest BCUT2D eigenvalue weighted by atomic mass is 10.1. The number of hydrogen-bond donors (Lipinski definition) is 1. The van der Waals surface area contributed by atoms with Gasteiger partial charge in [0.15, 0.2) is 0 Å². The lowest BCUT2D eigenvalue weighted by molar-refractivity contribution is -0.123. The fraction of sp³-hybridized carbons (Fsp3) is 0.900. The Hall–Kier alpha value is -0.410. The highest BCUT2D eigenvalue weighted by atomic mass is 16.1. The zero-order chi connectivity index (χ0) is 10.3. The molecule has 78 valence electrons. The highest BCUT2D eigenvalue weighted by molar-refractivity contribution is 5.82. The predicted molar refractivity (Wildman–Crippen MR) is 55.6 cm³/mol. The summed E-state index contributed by atoms with van der Waals surface area (Å²) in [5, 5.41) is 0. The van der Waals surface area contributed by atoms with Gasteiger partial charge in [-0.2, -0.15) is 0 Å². The molecule has 0 rings (SSSR count).